The number of ether oxygens (including phenoxy) is 2. The van der Waals surface area contributed by atoms with E-state index in [1.807, 2.05) is 6.92 Å². The van der Waals surface area contributed by atoms with E-state index < -0.39 is 11.8 Å². The molecule has 2 rings (SSSR count). The highest BCUT2D eigenvalue weighted by Crippen LogP contribution is 2.27. The second-order valence-corrected chi connectivity index (χ2v) is 7.47. The molecule has 0 bridgehead atoms. The molecule has 3 N–H and O–H groups in total. The first-order chi connectivity index (χ1) is 15.2. The molecular formula is C22H25ClN4O5. The second kappa shape index (κ2) is 11.7. The van der Waals surface area contributed by atoms with Gasteiger partial charge in [0.05, 0.1) is 13.3 Å². The van der Waals surface area contributed by atoms with Gasteiger partial charge in [-0.15, -0.1) is 0 Å². The van der Waals surface area contributed by atoms with Gasteiger partial charge >= 0.3 is 11.8 Å². The molecule has 0 aromatic heterocycles. The van der Waals surface area contributed by atoms with Crippen LogP contribution < -0.4 is 25.5 Å². The third kappa shape index (κ3) is 7.59. The van der Waals surface area contributed by atoms with Crippen LogP contribution >= 0.6 is 11.6 Å². The molecule has 0 atom stereocenters. The summed E-state index contributed by atoms with van der Waals surface area (Å²) >= 11 is 5.96. The van der Waals surface area contributed by atoms with Crippen molar-refractivity contribution in [2.45, 2.75) is 26.8 Å². The molecular weight excluding hydrogens is 436 g/mol. The Morgan fingerprint density at radius 1 is 1.09 bits per heavy atom. The summed E-state index contributed by atoms with van der Waals surface area (Å²) in [5.41, 5.74) is 4.20. The Morgan fingerprint density at radius 2 is 1.84 bits per heavy atom. The molecule has 32 heavy (non-hydrogen) atoms. The van der Waals surface area contributed by atoms with Crippen LogP contribution in [0.1, 0.15) is 25.0 Å². The maximum absolute atomic E-state index is 12.2. The second-order valence-electron chi connectivity index (χ2n) is 7.03. The van der Waals surface area contributed by atoms with Crippen LogP contribution in [0.3, 0.4) is 0 Å². The number of hydrazone groups is 1. The van der Waals surface area contributed by atoms with Gasteiger partial charge in [-0.2, -0.15) is 5.10 Å². The number of hydrogen-bond acceptors (Lipinski definition) is 6. The molecule has 2 aromatic carbocycles. The molecule has 9 nitrogen and oxygen atoms in total. The average molecular weight is 461 g/mol. The number of carbonyl (C=O) groups is 3. The zero-order valence-corrected chi connectivity index (χ0v) is 18.9. The van der Waals surface area contributed by atoms with Gasteiger partial charge in [0.25, 0.3) is 5.91 Å². The summed E-state index contributed by atoms with van der Waals surface area (Å²) in [6.45, 7) is 5.10. The van der Waals surface area contributed by atoms with E-state index in [2.05, 4.69) is 21.2 Å². The van der Waals surface area contributed by atoms with E-state index in [9.17, 15) is 14.4 Å². The number of halogens is 1. The fraction of sp³-hybridized carbons (Fsp3) is 0.273. The standard InChI is InChI=1S/C22H25ClN4O5/c1-13(2)25-21(29)22(30)27-24-11-15-6-8-18(19(9-15)31-4)32-12-20(28)26-17-10-16(23)7-5-14(17)3/h5-11,13H,12H2,1-4H3,(H,25,29)(H,26,28)(H,27,30)/b24-11-. The van der Waals surface area contributed by atoms with Crippen LogP contribution in [0.2, 0.25) is 5.02 Å². The summed E-state index contributed by atoms with van der Waals surface area (Å²) < 4.78 is 10.9. The van der Waals surface area contributed by atoms with Gasteiger partial charge < -0.3 is 20.1 Å². The van der Waals surface area contributed by atoms with Gasteiger partial charge in [0.1, 0.15) is 0 Å². The monoisotopic (exact) mass is 460 g/mol. The van der Waals surface area contributed by atoms with Crippen molar-refractivity contribution >= 4 is 41.2 Å². The molecule has 0 saturated heterocycles. The molecule has 0 heterocycles. The van der Waals surface area contributed by atoms with E-state index in [-0.39, 0.29) is 18.6 Å². The van der Waals surface area contributed by atoms with Crippen LogP contribution in [0.5, 0.6) is 11.5 Å². The summed E-state index contributed by atoms with van der Waals surface area (Å²) in [5, 5.41) is 9.48. The van der Waals surface area contributed by atoms with Crippen molar-refractivity contribution < 1.29 is 23.9 Å². The minimum atomic E-state index is -0.872. The molecule has 0 spiro atoms. The lowest BCUT2D eigenvalue weighted by atomic mass is 10.2. The summed E-state index contributed by atoms with van der Waals surface area (Å²) in [4.78, 5) is 35.4. The van der Waals surface area contributed by atoms with E-state index in [4.69, 9.17) is 21.1 Å². The van der Waals surface area contributed by atoms with Crippen LogP contribution in [0, 0.1) is 6.92 Å². The van der Waals surface area contributed by atoms with Crippen molar-refractivity contribution in [2.24, 2.45) is 5.10 Å². The summed E-state index contributed by atoms with van der Waals surface area (Å²) in [5.74, 6) is -1.29. The number of aryl methyl sites for hydroxylation is 1. The fourth-order valence-corrected chi connectivity index (χ4v) is 2.66. The first kappa shape index (κ1) is 24.7. The highest BCUT2D eigenvalue weighted by Gasteiger charge is 2.13. The maximum atomic E-state index is 12.2. The zero-order chi connectivity index (χ0) is 23.7. The van der Waals surface area contributed by atoms with E-state index in [0.717, 1.165) is 5.56 Å². The largest absolute Gasteiger partial charge is 0.493 e. The lowest BCUT2D eigenvalue weighted by molar-refractivity contribution is -0.139. The topological polar surface area (TPSA) is 118 Å². The Hall–Kier alpha value is -3.59. The molecule has 0 aliphatic heterocycles. The number of amides is 3. The van der Waals surface area contributed by atoms with Gasteiger partial charge in [-0.1, -0.05) is 17.7 Å². The molecule has 0 fully saturated rings. The number of nitrogens with one attached hydrogen (secondary N) is 3. The van der Waals surface area contributed by atoms with Crippen LogP contribution in [0.25, 0.3) is 0 Å². The predicted molar refractivity (Wildman–Crippen MR) is 122 cm³/mol. The molecule has 0 saturated carbocycles. The quantitative estimate of drug-likeness (QED) is 0.318. The molecule has 0 aliphatic carbocycles. The number of anilines is 1. The summed E-state index contributed by atoms with van der Waals surface area (Å²) in [6.07, 6.45) is 1.35. The van der Waals surface area contributed by atoms with Crippen molar-refractivity contribution in [1.29, 1.82) is 0 Å². The first-order valence-corrected chi connectivity index (χ1v) is 10.1. The molecule has 10 heteroatoms. The third-order valence-corrected chi connectivity index (χ3v) is 4.26. The third-order valence-electron chi connectivity index (χ3n) is 4.03. The van der Waals surface area contributed by atoms with E-state index in [1.54, 1.807) is 50.2 Å². The maximum Gasteiger partial charge on any atom is 0.329 e. The number of benzene rings is 2. The highest BCUT2D eigenvalue weighted by atomic mass is 35.5. The lowest BCUT2D eigenvalue weighted by Crippen LogP contribution is -2.41. The van der Waals surface area contributed by atoms with E-state index in [1.165, 1.54) is 13.3 Å². The minimum Gasteiger partial charge on any atom is -0.493 e. The number of rotatable bonds is 8. The van der Waals surface area contributed by atoms with Crippen molar-refractivity contribution in [3.8, 4) is 11.5 Å². The Labute approximate surface area is 191 Å². The van der Waals surface area contributed by atoms with Crippen molar-refractivity contribution in [2.75, 3.05) is 19.0 Å². The summed E-state index contributed by atoms with van der Waals surface area (Å²) in [6, 6.07) is 9.91. The minimum absolute atomic E-state index is 0.161. The van der Waals surface area contributed by atoms with Crippen LogP contribution in [-0.4, -0.2) is 43.7 Å². The van der Waals surface area contributed by atoms with Gasteiger partial charge in [-0.05, 0) is 62.2 Å². The Kier molecular flexibility index (Phi) is 9.03. The van der Waals surface area contributed by atoms with Crippen LogP contribution in [0.4, 0.5) is 5.69 Å². The zero-order valence-electron chi connectivity index (χ0n) is 18.2. The predicted octanol–water partition coefficient (Wildman–Crippen LogP) is 2.65. The number of methoxy groups -OCH3 is 1. The van der Waals surface area contributed by atoms with Gasteiger partial charge in [-0.25, -0.2) is 5.43 Å². The normalized spacial score (nSPS) is 10.7. The van der Waals surface area contributed by atoms with Crippen LogP contribution in [0.15, 0.2) is 41.5 Å². The van der Waals surface area contributed by atoms with Crippen molar-refractivity contribution in [1.82, 2.24) is 10.7 Å². The summed E-state index contributed by atoms with van der Waals surface area (Å²) in [7, 11) is 1.45. The van der Waals surface area contributed by atoms with Crippen molar-refractivity contribution in [3.05, 3.63) is 52.5 Å². The molecule has 3 amide bonds. The van der Waals surface area contributed by atoms with E-state index >= 15 is 0 Å². The smallest absolute Gasteiger partial charge is 0.329 e. The average Bonchev–Trinajstić information content (AvgIpc) is 2.74. The van der Waals surface area contributed by atoms with Crippen molar-refractivity contribution in [3.63, 3.8) is 0 Å². The molecule has 0 unspecified atom stereocenters. The SMILES string of the molecule is COc1cc(/C=N\NC(=O)C(=O)NC(C)C)ccc1OCC(=O)Nc1cc(Cl)ccc1C. The Morgan fingerprint density at radius 3 is 2.53 bits per heavy atom. The lowest BCUT2D eigenvalue weighted by Gasteiger charge is -2.12. The fourth-order valence-electron chi connectivity index (χ4n) is 2.49. The Balaban J connectivity index is 1.95. The van der Waals surface area contributed by atoms with Gasteiger partial charge in [0, 0.05) is 16.8 Å². The highest BCUT2D eigenvalue weighted by molar-refractivity contribution is 6.35. The van der Waals surface area contributed by atoms with E-state index in [0.29, 0.717) is 27.8 Å². The first-order valence-electron chi connectivity index (χ1n) is 9.70. The van der Waals surface area contributed by atoms with Gasteiger partial charge in [-0.3, -0.25) is 14.4 Å². The molecule has 170 valence electrons. The molecule has 0 aliphatic rings. The number of hydrogen-bond donors (Lipinski definition) is 3. The number of nitrogens with zero attached hydrogens (tertiary/aromatic N) is 1. The molecule has 0 radical (unpaired) electrons. The number of carbonyl (C=O) groups excluding carboxylic acids is 3. The van der Waals surface area contributed by atoms with Crippen LogP contribution in [-0.2, 0) is 14.4 Å². The molecule has 2 aromatic rings. The van der Waals surface area contributed by atoms with Gasteiger partial charge in [0.15, 0.2) is 18.1 Å². The van der Waals surface area contributed by atoms with Gasteiger partial charge in [0.2, 0.25) is 0 Å². The Bertz CT molecular complexity index is 1020.